The number of hydrogen-bond acceptors (Lipinski definition) is 4. The minimum atomic E-state index is -0.287. The molecule has 5 nitrogen and oxygen atoms in total. The van der Waals surface area contributed by atoms with Gasteiger partial charge in [-0.2, -0.15) is 0 Å². The first kappa shape index (κ1) is 12.9. The molecule has 3 rings (SSSR count). The summed E-state index contributed by atoms with van der Waals surface area (Å²) in [4.78, 5) is 16.1. The molecular weight excluding hydrogens is 274 g/mol. The highest BCUT2D eigenvalue weighted by molar-refractivity contribution is 7.13. The molecule has 0 spiro atoms. The topological polar surface area (TPSA) is 74.2 Å². The number of amides is 2. The largest absolute Gasteiger partial charge is 0.508 e. The second-order valence-electron chi connectivity index (χ2n) is 4.83. The number of nitrogens with zero attached hydrogens (tertiary/aromatic N) is 1. The maximum absolute atomic E-state index is 11.7. The quantitative estimate of drug-likeness (QED) is 0.810. The first-order valence-electron chi connectivity index (χ1n) is 6.49. The van der Waals surface area contributed by atoms with Gasteiger partial charge < -0.3 is 10.4 Å². The average Bonchev–Trinajstić information content (AvgIpc) is 3.18. The van der Waals surface area contributed by atoms with Gasteiger partial charge in [0.2, 0.25) is 0 Å². The molecule has 3 N–H and O–H groups in total. The summed E-state index contributed by atoms with van der Waals surface area (Å²) < 4.78 is 0. The van der Waals surface area contributed by atoms with E-state index in [0.29, 0.717) is 17.6 Å². The standard InChI is InChI=1S/C14H15N3O2S/c18-11-3-1-2-9(6-11)7-15-13(19)17-14-16-12(8-20-14)10-4-5-10/h1-3,6,8,10,18H,4-5,7H2,(H2,15,16,17,19). The van der Waals surface area contributed by atoms with Crippen molar-refractivity contribution in [2.45, 2.75) is 25.3 Å². The van der Waals surface area contributed by atoms with Crippen LogP contribution in [0.15, 0.2) is 29.6 Å². The summed E-state index contributed by atoms with van der Waals surface area (Å²) in [7, 11) is 0. The number of phenols is 1. The Hall–Kier alpha value is -2.08. The van der Waals surface area contributed by atoms with Gasteiger partial charge in [0.15, 0.2) is 5.13 Å². The molecule has 0 bridgehead atoms. The number of aromatic hydroxyl groups is 1. The Bertz CT molecular complexity index is 622. The summed E-state index contributed by atoms with van der Waals surface area (Å²) in [6.07, 6.45) is 2.40. The lowest BCUT2D eigenvalue weighted by atomic mass is 10.2. The molecule has 0 atom stereocenters. The van der Waals surface area contributed by atoms with Crippen molar-refractivity contribution >= 4 is 22.5 Å². The molecule has 0 unspecified atom stereocenters. The molecule has 20 heavy (non-hydrogen) atoms. The van der Waals surface area contributed by atoms with E-state index >= 15 is 0 Å². The second-order valence-corrected chi connectivity index (χ2v) is 5.69. The molecule has 0 saturated heterocycles. The second kappa shape index (κ2) is 5.50. The third-order valence-corrected chi connectivity index (χ3v) is 3.88. The third-order valence-electron chi connectivity index (χ3n) is 3.10. The summed E-state index contributed by atoms with van der Waals surface area (Å²) in [6, 6.07) is 6.51. The molecular formula is C14H15N3O2S. The summed E-state index contributed by atoms with van der Waals surface area (Å²) in [5.74, 6) is 0.788. The molecule has 1 fully saturated rings. The Labute approximate surface area is 120 Å². The predicted molar refractivity (Wildman–Crippen MR) is 78.1 cm³/mol. The monoisotopic (exact) mass is 289 g/mol. The van der Waals surface area contributed by atoms with Crippen LogP contribution in [-0.2, 0) is 6.54 Å². The zero-order valence-corrected chi connectivity index (χ0v) is 11.6. The normalized spacial score (nSPS) is 14.0. The van der Waals surface area contributed by atoms with Crippen LogP contribution < -0.4 is 10.6 Å². The summed E-state index contributed by atoms with van der Waals surface area (Å²) in [5.41, 5.74) is 1.93. The smallest absolute Gasteiger partial charge is 0.321 e. The molecule has 6 heteroatoms. The molecule has 0 aliphatic heterocycles. The fraction of sp³-hybridized carbons (Fsp3) is 0.286. The maximum atomic E-state index is 11.7. The van der Waals surface area contributed by atoms with E-state index in [-0.39, 0.29) is 11.8 Å². The maximum Gasteiger partial charge on any atom is 0.321 e. The number of aromatic nitrogens is 1. The van der Waals surface area contributed by atoms with Crippen LogP contribution in [0.2, 0.25) is 0 Å². The number of hydrogen-bond donors (Lipinski definition) is 3. The van der Waals surface area contributed by atoms with E-state index in [0.717, 1.165) is 11.3 Å². The molecule has 104 valence electrons. The highest BCUT2D eigenvalue weighted by Gasteiger charge is 2.26. The van der Waals surface area contributed by atoms with Crippen molar-refractivity contribution in [2.24, 2.45) is 0 Å². The Morgan fingerprint density at radius 1 is 1.45 bits per heavy atom. The van der Waals surface area contributed by atoms with Crippen LogP contribution in [0.25, 0.3) is 0 Å². The van der Waals surface area contributed by atoms with E-state index in [2.05, 4.69) is 15.6 Å². The summed E-state index contributed by atoms with van der Waals surface area (Å²) in [5, 5.41) is 17.4. The Balaban J connectivity index is 1.51. The van der Waals surface area contributed by atoms with Gasteiger partial charge in [0.1, 0.15) is 5.75 Å². The molecule has 2 aromatic rings. The molecule has 2 amide bonds. The van der Waals surface area contributed by atoms with E-state index < -0.39 is 0 Å². The number of anilines is 1. The highest BCUT2D eigenvalue weighted by Crippen LogP contribution is 2.40. The lowest BCUT2D eigenvalue weighted by Gasteiger charge is -2.05. The van der Waals surface area contributed by atoms with Crippen LogP contribution in [-0.4, -0.2) is 16.1 Å². The lowest BCUT2D eigenvalue weighted by molar-refractivity contribution is 0.251. The van der Waals surface area contributed by atoms with Crippen LogP contribution >= 0.6 is 11.3 Å². The minimum Gasteiger partial charge on any atom is -0.508 e. The fourth-order valence-electron chi connectivity index (χ4n) is 1.90. The fourth-order valence-corrected chi connectivity index (χ4v) is 2.69. The molecule has 1 aromatic carbocycles. The van der Waals surface area contributed by atoms with Gasteiger partial charge in [-0.1, -0.05) is 12.1 Å². The Kier molecular flexibility index (Phi) is 3.56. The molecule has 1 heterocycles. The van der Waals surface area contributed by atoms with Gasteiger partial charge in [-0.3, -0.25) is 5.32 Å². The van der Waals surface area contributed by atoms with E-state index in [1.165, 1.54) is 24.2 Å². The number of nitrogens with one attached hydrogen (secondary N) is 2. The number of thiazole rings is 1. The number of rotatable bonds is 4. The molecule has 1 aliphatic rings. The van der Waals surface area contributed by atoms with E-state index in [1.807, 2.05) is 11.4 Å². The van der Waals surface area contributed by atoms with Gasteiger partial charge in [-0.15, -0.1) is 11.3 Å². The van der Waals surface area contributed by atoms with Crippen LogP contribution in [0.3, 0.4) is 0 Å². The van der Waals surface area contributed by atoms with Crippen molar-refractivity contribution in [3.8, 4) is 5.75 Å². The number of benzene rings is 1. The highest BCUT2D eigenvalue weighted by atomic mass is 32.1. The first-order valence-corrected chi connectivity index (χ1v) is 7.37. The lowest BCUT2D eigenvalue weighted by Crippen LogP contribution is -2.28. The van der Waals surface area contributed by atoms with Gasteiger partial charge in [0.05, 0.1) is 5.69 Å². The zero-order valence-electron chi connectivity index (χ0n) is 10.8. The SMILES string of the molecule is O=C(NCc1cccc(O)c1)Nc1nc(C2CC2)cs1. The van der Waals surface area contributed by atoms with Crippen molar-refractivity contribution in [1.29, 1.82) is 0 Å². The van der Waals surface area contributed by atoms with Crippen molar-refractivity contribution in [2.75, 3.05) is 5.32 Å². The van der Waals surface area contributed by atoms with Gasteiger partial charge >= 0.3 is 6.03 Å². The third kappa shape index (κ3) is 3.27. The molecule has 1 aromatic heterocycles. The van der Waals surface area contributed by atoms with Crippen LogP contribution in [0.5, 0.6) is 5.75 Å². The number of urea groups is 1. The predicted octanol–water partition coefficient (Wildman–Crippen LogP) is 3.05. The Morgan fingerprint density at radius 3 is 3.05 bits per heavy atom. The van der Waals surface area contributed by atoms with E-state index in [9.17, 15) is 9.90 Å². The summed E-state index contributed by atoms with van der Waals surface area (Å²) in [6.45, 7) is 0.362. The van der Waals surface area contributed by atoms with Crippen molar-refractivity contribution < 1.29 is 9.90 Å². The van der Waals surface area contributed by atoms with Gasteiger partial charge in [-0.05, 0) is 30.5 Å². The van der Waals surface area contributed by atoms with Gasteiger partial charge in [-0.25, -0.2) is 9.78 Å². The van der Waals surface area contributed by atoms with Crippen molar-refractivity contribution in [3.63, 3.8) is 0 Å². The number of phenolic OH excluding ortho intramolecular Hbond substituents is 1. The number of carbonyl (C=O) groups is 1. The van der Waals surface area contributed by atoms with Crippen LogP contribution in [0.1, 0.15) is 30.0 Å². The van der Waals surface area contributed by atoms with Gasteiger partial charge in [0, 0.05) is 17.8 Å². The molecule has 1 aliphatic carbocycles. The van der Waals surface area contributed by atoms with Gasteiger partial charge in [0.25, 0.3) is 0 Å². The average molecular weight is 289 g/mol. The zero-order chi connectivity index (χ0) is 13.9. The number of carbonyl (C=O) groups excluding carboxylic acids is 1. The van der Waals surface area contributed by atoms with E-state index in [4.69, 9.17) is 0 Å². The van der Waals surface area contributed by atoms with E-state index in [1.54, 1.807) is 18.2 Å². The van der Waals surface area contributed by atoms with Crippen LogP contribution in [0, 0.1) is 0 Å². The first-order chi connectivity index (χ1) is 9.70. The summed E-state index contributed by atoms with van der Waals surface area (Å²) >= 11 is 1.45. The van der Waals surface area contributed by atoms with Crippen LogP contribution in [0.4, 0.5) is 9.93 Å². The molecule has 0 radical (unpaired) electrons. The van der Waals surface area contributed by atoms with Crippen molar-refractivity contribution in [1.82, 2.24) is 10.3 Å². The minimum absolute atomic E-state index is 0.193. The Morgan fingerprint density at radius 2 is 2.30 bits per heavy atom. The molecule has 1 saturated carbocycles. The van der Waals surface area contributed by atoms with Crippen molar-refractivity contribution in [3.05, 3.63) is 40.9 Å².